The first-order chi connectivity index (χ1) is 20.2. The maximum Gasteiger partial charge on any atom is 0.122 e. The van der Waals surface area contributed by atoms with Crippen molar-refractivity contribution >= 4 is 11.6 Å². The Kier molecular flexibility index (Phi) is 12.4. The maximum absolute atomic E-state index is 5.79. The lowest BCUT2D eigenvalue weighted by molar-refractivity contribution is 0.311. The normalized spacial score (nSPS) is 10.5. The molecule has 2 heterocycles. The quantitative estimate of drug-likeness (QED) is 0.123. The maximum atomic E-state index is 5.79. The largest absolute Gasteiger partial charge is 0.492 e. The van der Waals surface area contributed by atoms with E-state index >= 15 is 0 Å². The fourth-order valence-electron chi connectivity index (χ4n) is 4.23. The molecule has 2 N–H and O–H groups in total. The van der Waals surface area contributed by atoms with Crippen molar-refractivity contribution in [3.8, 4) is 28.0 Å². The molecule has 41 heavy (non-hydrogen) atoms. The highest BCUT2D eigenvalue weighted by Crippen LogP contribution is 2.20. The molecule has 210 valence electrons. The molecule has 0 saturated heterocycles. The zero-order valence-electron chi connectivity index (χ0n) is 23.5. The first-order valence-corrected chi connectivity index (χ1v) is 14.4. The summed E-state index contributed by atoms with van der Waals surface area (Å²) in [6.07, 6.45) is 7.58. The van der Waals surface area contributed by atoms with Crippen LogP contribution in [0.3, 0.4) is 0 Å². The van der Waals surface area contributed by atoms with Gasteiger partial charge in [0.25, 0.3) is 0 Å². The van der Waals surface area contributed by atoms with Crippen LogP contribution >= 0.6 is 11.6 Å². The zero-order chi connectivity index (χ0) is 28.5. The monoisotopic (exact) mass is 564 g/mol. The number of rotatable bonds is 12. The number of hydrogen-bond acceptors (Lipinski definition) is 5. The van der Waals surface area contributed by atoms with Crippen molar-refractivity contribution in [3.05, 3.63) is 139 Å². The van der Waals surface area contributed by atoms with Crippen LogP contribution in [0.25, 0.3) is 22.3 Å². The minimum atomic E-state index is 0.631. The third-order valence-corrected chi connectivity index (χ3v) is 6.55. The average Bonchev–Trinajstić information content (AvgIpc) is 3.03. The molecule has 0 unspecified atom stereocenters. The lowest BCUT2D eigenvalue weighted by Crippen LogP contribution is -2.20. The molecule has 0 aliphatic rings. The van der Waals surface area contributed by atoms with Crippen molar-refractivity contribution in [2.24, 2.45) is 0 Å². The van der Waals surface area contributed by atoms with Crippen LogP contribution in [0.15, 0.2) is 122 Å². The van der Waals surface area contributed by atoms with Gasteiger partial charge in [-0.2, -0.15) is 0 Å². The highest BCUT2D eigenvalue weighted by Gasteiger charge is 2.01. The zero-order valence-corrected chi connectivity index (χ0v) is 24.2. The van der Waals surface area contributed by atoms with Gasteiger partial charge in [0.2, 0.25) is 0 Å². The van der Waals surface area contributed by atoms with Crippen LogP contribution in [0.4, 0.5) is 0 Å². The van der Waals surface area contributed by atoms with Crippen LogP contribution in [-0.4, -0.2) is 35.5 Å². The lowest BCUT2D eigenvalue weighted by atomic mass is 10.1. The molecule has 0 fully saturated rings. The van der Waals surface area contributed by atoms with Crippen molar-refractivity contribution < 1.29 is 4.74 Å². The Hall–Kier alpha value is -4.03. The molecule has 0 saturated carbocycles. The van der Waals surface area contributed by atoms with Gasteiger partial charge in [0.05, 0.1) is 0 Å². The number of halogens is 1. The van der Waals surface area contributed by atoms with Crippen molar-refractivity contribution in [2.75, 3.05) is 25.6 Å². The first kappa shape index (κ1) is 29.9. The Balaban J connectivity index is 0.000000201. The molecule has 0 atom stereocenters. The molecule has 0 bridgehead atoms. The molecule has 5 aromatic rings. The number of nitrogens with one attached hydrogen (secondary N) is 2. The summed E-state index contributed by atoms with van der Waals surface area (Å²) in [5, 5.41) is 6.66. The van der Waals surface area contributed by atoms with Gasteiger partial charge in [0.1, 0.15) is 12.4 Å². The molecule has 0 amide bonds. The number of ether oxygens (including phenoxy) is 1. The summed E-state index contributed by atoms with van der Waals surface area (Å²) in [5.74, 6) is 1.58. The molecule has 2 aromatic heterocycles. The van der Waals surface area contributed by atoms with Crippen LogP contribution in [0.2, 0.25) is 0 Å². The number of aromatic nitrogens is 2. The Morgan fingerprint density at radius 2 is 1.12 bits per heavy atom. The summed E-state index contributed by atoms with van der Waals surface area (Å²) < 4.78 is 5.79. The summed E-state index contributed by atoms with van der Waals surface area (Å²) in [6, 6.07) is 33.0. The fraction of sp³-hybridized carbons (Fsp3) is 0.200. The number of benzene rings is 3. The van der Waals surface area contributed by atoms with E-state index in [1.54, 1.807) is 0 Å². The number of hydrogen-bond donors (Lipinski definition) is 2. The minimum Gasteiger partial charge on any atom is -0.492 e. The second kappa shape index (κ2) is 16.9. The minimum absolute atomic E-state index is 0.631. The van der Waals surface area contributed by atoms with E-state index in [9.17, 15) is 0 Å². The van der Waals surface area contributed by atoms with Crippen molar-refractivity contribution in [1.82, 2.24) is 20.6 Å². The highest BCUT2D eigenvalue weighted by molar-refractivity contribution is 6.18. The van der Waals surface area contributed by atoms with Crippen LogP contribution in [0, 0.1) is 6.92 Å². The molecule has 0 radical (unpaired) electrons. The van der Waals surface area contributed by atoms with Gasteiger partial charge in [-0.15, -0.1) is 11.6 Å². The molecule has 3 aromatic carbocycles. The molecule has 5 rings (SSSR count). The Labute approximate surface area is 248 Å². The van der Waals surface area contributed by atoms with Crippen molar-refractivity contribution in [3.63, 3.8) is 0 Å². The Morgan fingerprint density at radius 3 is 1.66 bits per heavy atom. The summed E-state index contributed by atoms with van der Waals surface area (Å²) in [6.45, 7) is 5.91. The van der Waals surface area contributed by atoms with E-state index in [1.807, 2.05) is 79.4 Å². The van der Waals surface area contributed by atoms with E-state index in [0.29, 0.717) is 12.5 Å². The predicted octanol–water partition coefficient (Wildman–Crippen LogP) is 7.30. The molecule has 5 nitrogen and oxygen atoms in total. The molecule has 0 aliphatic carbocycles. The average molecular weight is 565 g/mol. The van der Waals surface area contributed by atoms with Crippen LogP contribution in [0.5, 0.6) is 5.75 Å². The van der Waals surface area contributed by atoms with E-state index in [4.69, 9.17) is 16.3 Å². The second-order valence-corrected chi connectivity index (χ2v) is 9.93. The fourth-order valence-corrected chi connectivity index (χ4v) is 4.36. The van der Waals surface area contributed by atoms with E-state index < -0.39 is 0 Å². The summed E-state index contributed by atoms with van der Waals surface area (Å²) in [4.78, 5) is 8.61. The molecule has 0 spiro atoms. The highest BCUT2D eigenvalue weighted by atomic mass is 35.5. The smallest absolute Gasteiger partial charge is 0.122 e. The van der Waals surface area contributed by atoms with E-state index in [-0.39, 0.29) is 0 Å². The standard InChI is InChI=1S/C21H22N2O.C14H15ClN2/c1-17-7-5-6-10-21(17)24-12-11-22-14-18-13-20(16-23-15-18)19-8-3-2-4-9-19;15-6-7-16-9-12-8-14(11-17-10-12)13-4-2-1-3-5-13/h2-10,13,15-16,22H,11-12,14H2,1H3;1-5,8,10-11,16H,6-7,9H2. The number of pyridine rings is 2. The number of alkyl halides is 1. The van der Waals surface area contributed by atoms with Crippen LogP contribution in [0.1, 0.15) is 16.7 Å². The summed E-state index contributed by atoms with van der Waals surface area (Å²) in [5.41, 5.74) is 8.19. The first-order valence-electron chi connectivity index (χ1n) is 13.9. The number of nitrogens with zero attached hydrogens (tertiary/aromatic N) is 2. The SMILES string of the molecule is Cc1ccccc1OCCNCc1cncc(-c2ccccc2)c1.ClCCNCc1cncc(-c2ccccc2)c1. The molecular weight excluding hydrogens is 528 g/mol. The van der Waals surface area contributed by atoms with Gasteiger partial charge in [-0.05, 0) is 52.9 Å². The van der Waals surface area contributed by atoms with Crippen LogP contribution < -0.4 is 15.4 Å². The topological polar surface area (TPSA) is 59.1 Å². The van der Waals surface area contributed by atoms with Crippen LogP contribution in [-0.2, 0) is 13.1 Å². The van der Waals surface area contributed by atoms with E-state index in [1.165, 1.54) is 22.3 Å². The van der Waals surface area contributed by atoms with E-state index in [0.717, 1.165) is 48.6 Å². The van der Waals surface area contributed by atoms with Gasteiger partial charge in [0.15, 0.2) is 0 Å². The third-order valence-electron chi connectivity index (χ3n) is 6.36. The van der Waals surface area contributed by atoms with Gasteiger partial charge in [0, 0.05) is 68.0 Å². The van der Waals surface area contributed by atoms with Gasteiger partial charge in [-0.25, -0.2) is 0 Å². The summed E-state index contributed by atoms with van der Waals surface area (Å²) in [7, 11) is 0. The molecular formula is C35H37ClN4O. The van der Waals surface area contributed by atoms with Crippen molar-refractivity contribution in [2.45, 2.75) is 20.0 Å². The van der Waals surface area contributed by atoms with Gasteiger partial charge >= 0.3 is 0 Å². The van der Waals surface area contributed by atoms with Gasteiger partial charge in [-0.3, -0.25) is 9.97 Å². The van der Waals surface area contributed by atoms with Gasteiger partial charge < -0.3 is 15.4 Å². The Bertz CT molecular complexity index is 1450. The third kappa shape index (κ3) is 10.1. The predicted molar refractivity (Wildman–Crippen MR) is 170 cm³/mol. The number of aryl methyl sites for hydroxylation is 1. The Morgan fingerprint density at radius 1 is 0.610 bits per heavy atom. The summed E-state index contributed by atoms with van der Waals surface area (Å²) >= 11 is 5.62. The van der Waals surface area contributed by atoms with Crippen molar-refractivity contribution in [1.29, 1.82) is 0 Å². The van der Waals surface area contributed by atoms with Gasteiger partial charge in [-0.1, -0.05) is 78.9 Å². The lowest BCUT2D eigenvalue weighted by Gasteiger charge is -2.10. The molecule has 0 aliphatic heterocycles. The second-order valence-electron chi connectivity index (χ2n) is 9.55. The number of para-hydroxylation sites is 1. The van der Waals surface area contributed by atoms with E-state index in [2.05, 4.69) is 70.0 Å². The molecule has 6 heteroatoms.